The van der Waals surface area contributed by atoms with Crippen LogP contribution >= 0.6 is 0 Å². The van der Waals surface area contributed by atoms with Gasteiger partial charge in [0.15, 0.2) is 0 Å². The van der Waals surface area contributed by atoms with Gasteiger partial charge in [-0.1, -0.05) is 85.6 Å². The summed E-state index contributed by atoms with van der Waals surface area (Å²) >= 11 is 0. The maximum absolute atomic E-state index is 14.3. The molecule has 3 fully saturated rings. The summed E-state index contributed by atoms with van der Waals surface area (Å²) in [6.45, 7) is 13.6. The van der Waals surface area contributed by atoms with E-state index in [0.29, 0.717) is 13.0 Å². The smallest absolute Gasteiger partial charge is 0.316 e. The van der Waals surface area contributed by atoms with Gasteiger partial charge >= 0.3 is 6.03 Å². The number of hydrogen-bond acceptors (Lipinski definition) is 6. The maximum Gasteiger partial charge on any atom is 0.316 e. The molecule has 5 rings (SSSR count). The van der Waals surface area contributed by atoms with Crippen LogP contribution in [0.15, 0.2) is 24.3 Å². The third kappa shape index (κ3) is 7.37. The number of likely N-dealkylation sites (tertiary alicyclic amines) is 1. The van der Waals surface area contributed by atoms with E-state index in [2.05, 4.69) is 47.2 Å². The lowest BCUT2D eigenvalue weighted by molar-refractivity contribution is -0.145. The van der Waals surface area contributed by atoms with Crippen LogP contribution in [0.25, 0.3) is 0 Å². The Morgan fingerprint density at radius 2 is 1.56 bits per heavy atom. The van der Waals surface area contributed by atoms with Crippen molar-refractivity contribution in [3.63, 3.8) is 0 Å². The van der Waals surface area contributed by atoms with Gasteiger partial charge in [0.1, 0.15) is 18.1 Å². The van der Waals surface area contributed by atoms with E-state index in [1.165, 1.54) is 16.0 Å². The molecule has 4 aliphatic rings. The zero-order chi connectivity index (χ0) is 35.3. The van der Waals surface area contributed by atoms with Crippen LogP contribution in [0.5, 0.6) is 0 Å². The van der Waals surface area contributed by atoms with E-state index < -0.39 is 59.1 Å². The molecule has 1 aliphatic heterocycles. The van der Waals surface area contributed by atoms with Crippen LogP contribution in [0.1, 0.15) is 78.9 Å². The number of nitrogens with one attached hydrogen (secondary N) is 4. The number of urea groups is 1. The van der Waals surface area contributed by atoms with Gasteiger partial charge in [-0.25, -0.2) is 4.79 Å². The molecule has 1 aromatic rings. The van der Waals surface area contributed by atoms with Crippen LogP contribution in [-0.2, 0) is 36.8 Å². The summed E-state index contributed by atoms with van der Waals surface area (Å²) < 4.78 is 0. The second kappa shape index (κ2) is 13.2. The highest BCUT2D eigenvalue weighted by Crippen LogP contribution is 2.65. The Morgan fingerprint density at radius 3 is 2.08 bits per heavy atom. The van der Waals surface area contributed by atoms with Crippen molar-refractivity contribution in [3.8, 4) is 0 Å². The molecule has 1 aromatic carbocycles. The predicted molar refractivity (Wildman–Crippen MR) is 179 cm³/mol. The average molecular weight is 665 g/mol. The number of hydrogen-bond donors (Lipinski definition) is 5. The van der Waals surface area contributed by atoms with Gasteiger partial charge in [0, 0.05) is 12.6 Å². The van der Waals surface area contributed by atoms with Crippen molar-refractivity contribution in [3.05, 3.63) is 35.4 Å². The van der Waals surface area contributed by atoms with Crippen LogP contribution < -0.4 is 27.0 Å². The van der Waals surface area contributed by atoms with Gasteiger partial charge in [0.2, 0.25) is 23.5 Å². The minimum atomic E-state index is -1.10. The Balaban J connectivity index is 1.27. The number of rotatable bonds is 12. The Morgan fingerprint density at radius 1 is 0.958 bits per heavy atom. The van der Waals surface area contributed by atoms with Crippen molar-refractivity contribution >= 4 is 35.4 Å². The number of carbonyl (C=O) groups is 6. The highest BCUT2D eigenvalue weighted by molar-refractivity contribution is 6.37. The molecule has 0 bridgehead atoms. The number of piperidine rings is 1. The van der Waals surface area contributed by atoms with E-state index >= 15 is 0 Å². The zero-order valence-electron chi connectivity index (χ0n) is 29.2. The molecule has 0 aromatic heterocycles. The highest BCUT2D eigenvalue weighted by atomic mass is 16.2. The van der Waals surface area contributed by atoms with Crippen LogP contribution in [-0.4, -0.2) is 77.1 Å². The molecule has 12 nitrogen and oxygen atoms in total. The normalized spacial score (nSPS) is 24.5. The number of ketones is 1. The lowest BCUT2D eigenvalue weighted by Crippen LogP contribution is -2.62. The fraction of sp³-hybridized carbons (Fsp3) is 0.667. The number of nitrogens with two attached hydrogens (primary N) is 1. The largest absolute Gasteiger partial charge is 0.363 e. The summed E-state index contributed by atoms with van der Waals surface area (Å²) in [5.74, 6) is -3.21. The van der Waals surface area contributed by atoms with Crippen LogP contribution in [0, 0.1) is 34.5 Å². The van der Waals surface area contributed by atoms with Gasteiger partial charge in [-0.2, -0.15) is 0 Å². The molecule has 0 radical (unpaired) electrons. The van der Waals surface area contributed by atoms with Crippen molar-refractivity contribution in [1.29, 1.82) is 0 Å². The van der Waals surface area contributed by atoms with E-state index in [1.807, 2.05) is 46.8 Å². The predicted octanol–water partition coefficient (Wildman–Crippen LogP) is 1.83. The summed E-state index contributed by atoms with van der Waals surface area (Å²) in [6, 6.07) is 3.57. The van der Waals surface area contributed by atoms with Gasteiger partial charge in [-0.05, 0) is 64.9 Å². The quantitative estimate of drug-likeness (QED) is 0.213. The fourth-order valence-corrected chi connectivity index (χ4v) is 7.78. The first-order valence-corrected chi connectivity index (χ1v) is 17.3. The topological polar surface area (TPSA) is 180 Å². The van der Waals surface area contributed by atoms with E-state index in [1.54, 1.807) is 0 Å². The molecular weight excluding hydrogens is 612 g/mol. The fourth-order valence-electron chi connectivity index (χ4n) is 7.78. The lowest BCUT2D eigenvalue weighted by Gasteiger charge is -2.38. The van der Waals surface area contributed by atoms with E-state index in [-0.39, 0.29) is 41.0 Å². The molecule has 1 saturated heterocycles. The van der Waals surface area contributed by atoms with Crippen molar-refractivity contribution in [2.75, 3.05) is 6.54 Å². The second-order valence-electron chi connectivity index (χ2n) is 16.4. The number of primary amides is 1. The molecule has 6 amide bonds. The second-order valence-corrected chi connectivity index (χ2v) is 16.4. The molecule has 12 heteroatoms. The highest BCUT2D eigenvalue weighted by Gasteiger charge is 2.70. The lowest BCUT2D eigenvalue weighted by atomic mass is 9.85. The van der Waals surface area contributed by atoms with Crippen molar-refractivity contribution in [2.45, 2.75) is 111 Å². The third-order valence-corrected chi connectivity index (χ3v) is 10.9. The Hall–Kier alpha value is -3.96. The SMILES string of the molecule is CC(C)C(NC(=O)N[C@H](C(=O)N1C[C@H]2[C@@H]([C@H]1C(=O)NC(CC1CC1)C(=O)C(N)=O)C2(C)C)C(C)(C)C)C(=O)NC1Cc2ccccc2C1. The molecule has 262 valence electrons. The first-order valence-electron chi connectivity index (χ1n) is 17.3. The van der Waals surface area contributed by atoms with Crippen LogP contribution in [0.2, 0.25) is 0 Å². The molecule has 6 atom stereocenters. The molecule has 2 unspecified atom stereocenters. The summed E-state index contributed by atoms with van der Waals surface area (Å²) in [5, 5.41) is 11.5. The first kappa shape index (κ1) is 35.3. The molecule has 48 heavy (non-hydrogen) atoms. The van der Waals surface area contributed by atoms with Crippen LogP contribution in [0.3, 0.4) is 0 Å². The Kier molecular flexibility index (Phi) is 9.69. The minimum absolute atomic E-state index is 0.0658. The Labute approximate surface area is 283 Å². The number of carbonyl (C=O) groups excluding carboxylic acids is 6. The molecule has 6 N–H and O–H groups in total. The number of nitrogens with zero attached hydrogens (tertiary/aromatic N) is 1. The number of benzene rings is 1. The summed E-state index contributed by atoms with van der Waals surface area (Å²) in [5.41, 5.74) is 6.76. The summed E-state index contributed by atoms with van der Waals surface area (Å²) in [7, 11) is 0. The molecule has 0 spiro atoms. The summed E-state index contributed by atoms with van der Waals surface area (Å²) in [4.78, 5) is 81.0. The number of Topliss-reactive ketones (excluding diaryl/α,β-unsaturated/α-hetero) is 1. The first-order chi connectivity index (χ1) is 22.4. The molecule has 3 aliphatic carbocycles. The maximum atomic E-state index is 14.3. The molecule has 2 saturated carbocycles. The van der Waals surface area contributed by atoms with Gasteiger partial charge in [0.25, 0.3) is 5.91 Å². The van der Waals surface area contributed by atoms with Gasteiger partial charge in [-0.3, -0.25) is 24.0 Å². The average Bonchev–Trinajstić information content (AvgIpc) is 3.76. The number of amides is 6. The Bertz CT molecular complexity index is 1450. The van der Waals surface area contributed by atoms with Crippen LogP contribution in [0.4, 0.5) is 4.79 Å². The third-order valence-electron chi connectivity index (χ3n) is 10.9. The van der Waals surface area contributed by atoms with Gasteiger partial charge in [0.05, 0.1) is 6.04 Å². The van der Waals surface area contributed by atoms with Gasteiger partial charge < -0.3 is 31.9 Å². The zero-order valence-corrected chi connectivity index (χ0v) is 29.2. The van der Waals surface area contributed by atoms with Gasteiger partial charge in [-0.15, -0.1) is 0 Å². The number of fused-ring (bicyclic) bond motifs is 2. The molecule has 1 heterocycles. The van der Waals surface area contributed by atoms with Crippen molar-refractivity contribution < 1.29 is 28.8 Å². The standard InChI is InChI=1S/C36H52N6O6/c1-18(2)26(31(45)38-22-15-20-10-8-9-11-21(20)16-22)40-34(48)41-29(35(3,4)5)33(47)42-17-23-25(36(23,6)7)27(42)32(46)39-24(14-19-12-13-19)28(43)30(37)44/h8-11,18-19,22-27,29H,12-17H2,1-7H3,(H2,37,44)(H,38,45)(H,39,46)(H2,40,41,48)/t23-,24?,25-,26?,27-,29+/m0/s1. The van der Waals surface area contributed by atoms with E-state index in [0.717, 1.165) is 25.7 Å². The van der Waals surface area contributed by atoms with E-state index in [9.17, 15) is 28.8 Å². The van der Waals surface area contributed by atoms with Crippen molar-refractivity contribution in [1.82, 2.24) is 26.2 Å². The van der Waals surface area contributed by atoms with E-state index in [4.69, 9.17) is 5.73 Å². The minimum Gasteiger partial charge on any atom is -0.363 e. The monoisotopic (exact) mass is 664 g/mol. The summed E-state index contributed by atoms with van der Waals surface area (Å²) in [6.07, 6.45) is 3.61. The molecular formula is C36H52N6O6. The van der Waals surface area contributed by atoms with Crippen molar-refractivity contribution in [2.24, 2.45) is 40.2 Å².